The number of hydrogen-bond donors (Lipinski definition) is 2. The van der Waals surface area contributed by atoms with E-state index in [1.54, 1.807) is 36.4 Å². The molecule has 2 aromatic heterocycles. The monoisotopic (exact) mass is 797 g/mol. The van der Waals surface area contributed by atoms with Gasteiger partial charge in [0.25, 0.3) is 17.7 Å². The third-order valence-electron chi connectivity index (χ3n) is 11.2. The standard InChI is InChI=1S/C42H35ClF3N5O4S/c43-31-18-27(45)19-32(46)36(31)49-40(53)35-17-25-10-13-51(34-20-26(44)6-9-29(34)37(25)56-35)41(54)23-4-7-28(8-5-23)47-39(52)30-16-24-2-1-3-33(24)48-38(30)50-21-42(22-50)11-14-55-15-12-42/h4-9,16-20H,1-3,10-15,21-22H2,(H,47,52)(H,49,53). The van der Waals surface area contributed by atoms with Crippen molar-refractivity contribution >= 4 is 63.5 Å². The van der Waals surface area contributed by atoms with E-state index >= 15 is 0 Å². The Balaban J connectivity index is 0.928. The Morgan fingerprint density at radius 3 is 2.39 bits per heavy atom. The normalized spacial score (nSPS) is 16.7. The van der Waals surface area contributed by atoms with Gasteiger partial charge in [-0.25, -0.2) is 18.2 Å². The van der Waals surface area contributed by atoms with Crippen molar-refractivity contribution in [2.24, 2.45) is 5.41 Å². The minimum absolute atomic E-state index is 0.176. The summed E-state index contributed by atoms with van der Waals surface area (Å²) in [7, 11) is 0. The summed E-state index contributed by atoms with van der Waals surface area (Å²) in [6, 6.07) is 15.9. The van der Waals surface area contributed by atoms with Crippen molar-refractivity contribution in [3.05, 3.63) is 122 Å². The van der Waals surface area contributed by atoms with E-state index in [9.17, 15) is 27.6 Å². The maximum Gasteiger partial charge on any atom is 0.265 e. The van der Waals surface area contributed by atoms with Gasteiger partial charge in [-0.1, -0.05) is 11.6 Å². The molecule has 0 saturated carbocycles. The van der Waals surface area contributed by atoms with Crippen LogP contribution in [0.15, 0.2) is 66.7 Å². The van der Waals surface area contributed by atoms with Crippen LogP contribution in [0, 0.1) is 22.9 Å². The molecule has 5 heterocycles. The molecule has 5 aromatic rings. The van der Waals surface area contributed by atoms with Gasteiger partial charge in [-0.2, -0.15) is 0 Å². The van der Waals surface area contributed by atoms with Crippen molar-refractivity contribution in [2.75, 3.05) is 53.3 Å². The van der Waals surface area contributed by atoms with Crippen molar-refractivity contribution in [2.45, 2.75) is 38.5 Å². The molecule has 2 saturated heterocycles. The zero-order valence-electron chi connectivity index (χ0n) is 30.0. The number of anilines is 4. The number of fused-ring (bicyclic) bond motifs is 4. The number of pyridine rings is 1. The fourth-order valence-corrected chi connectivity index (χ4v) is 9.61. The van der Waals surface area contributed by atoms with Gasteiger partial charge in [0.05, 0.1) is 26.8 Å². The van der Waals surface area contributed by atoms with Crippen LogP contribution in [0.2, 0.25) is 5.02 Å². The van der Waals surface area contributed by atoms with Crippen LogP contribution in [0.5, 0.6) is 0 Å². The predicted octanol–water partition coefficient (Wildman–Crippen LogP) is 8.69. The van der Waals surface area contributed by atoms with Crippen LogP contribution in [0.4, 0.5) is 36.1 Å². The number of nitrogens with one attached hydrogen (secondary N) is 2. The molecule has 0 radical (unpaired) electrons. The lowest BCUT2D eigenvalue weighted by Gasteiger charge is -2.53. The first kappa shape index (κ1) is 36.4. The predicted molar refractivity (Wildman–Crippen MR) is 210 cm³/mol. The molecule has 2 fully saturated rings. The van der Waals surface area contributed by atoms with Gasteiger partial charge >= 0.3 is 0 Å². The number of thiophene rings is 1. The van der Waals surface area contributed by atoms with Gasteiger partial charge in [0.2, 0.25) is 0 Å². The van der Waals surface area contributed by atoms with Crippen LogP contribution in [0.25, 0.3) is 10.4 Å². The van der Waals surface area contributed by atoms with E-state index in [2.05, 4.69) is 15.5 Å². The second-order valence-electron chi connectivity index (χ2n) is 14.9. The summed E-state index contributed by atoms with van der Waals surface area (Å²) in [6.45, 7) is 3.39. The van der Waals surface area contributed by atoms with Gasteiger partial charge in [0, 0.05) is 71.7 Å². The average molecular weight is 798 g/mol. The maximum atomic E-state index is 14.8. The summed E-state index contributed by atoms with van der Waals surface area (Å²) in [4.78, 5) is 50.7. The van der Waals surface area contributed by atoms with Crippen molar-refractivity contribution in [1.82, 2.24) is 4.98 Å². The van der Waals surface area contributed by atoms with E-state index in [0.29, 0.717) is 51.2 Å². The molecule has 3 amide bonds. The van der Waals surface area contributed by atoms with Crippen LogP contribution in [-0.4, -0.2) is 55.6 Å². The zero-order valence-corrected chi connectivity index (χ0v) is 31.6. The molecule has 286 valence electrons. The third kappa shape index (κ3) is 6.71. The molecule has 3 aromatic carbocycles. The van der Waals surface area contributed by atoms with Crippen molar-refractivity contribution in [3.8, 4) is 10.4 Å². The fraction of sp³-hybridized carbons (Fsp3) is 0.286. The van der Waals surface area contributed by atoms with Gasteiger partial charge in [0.1, 0.15) is 17.5 Å². The highest BCUT2D eigenvalue weighted by atomic mass is 35.5. The summed E-state index contributed by atoms with van der Waals surface area (Å²) in [5.74, 6) is -2.99. The minimum atomic E-state index is -1.01. The first-order valence-electron chi connectivity index (χ1n) is 18.5. The first-order valence-corrected chi connectivity index (χ1v) is 19.7. The summed E-state index contributed by atoms with van der Waals surface area (Å²) in [5, 5.41) is 5.16. The van der Waals surface area contributed by atoms with Crippen LogP contribution in [-0.2, 0) is 24.0 Å². The van der Waals surface area contributed by atoms with Gasteiger partial charge in [0.15, 0.2) is 5.82 Å². The highest BCUT2D eigenvalue weighted by Gasteiger charge is 2.45. The van der Waals surface area contributed by atoms with E-state index < -0.39 is 23.4 Å². The van der Waals surface area contributed by atoms with E-state index in [0.717, 1.165) is 92.6 Å². The Kier molecular flexibility index (Phi) is 9.34. The number of halogens is 4. The molecule has 56 heavy (non-hydrogen) atoms. The van der Waals surface area contributed by atoms with Gasteiger partial charge in [-0.3, -0.25) is 14.4 Å². The number of amides is 3. The van der Waals surface area contributed by atoms with E-state index in [-0.39, 0.29) is 39.4 Å². The summed E-state index contributed by atoms with van der Waals surface area (Å²) in [5.41, 5.74) is 5.05. The number of carbonyl (C=O) groups excluding carboxylic acids is 3. The second kappa shape index (κ2) is 14.4. The topological polar surface area (TPSA) is 104 Å². The quantitative estimate of drug-likeness (QED) is 0.178. The largest absolute Gasteiger partial charge is 0.381 e. The summed E-state index contributed by atoms with van der Waals surface area (Å²) >= 11 is 7.10. The molecule has 9 rings (SSSR count). The van der Waals surface area contributed by atoms with E-state index in [4.69, 9.17) is 21.3 Å². The molecule has 0 bridgehead atoms. The van der Waals surface area contributed by atoms with Gasteiger partial charge in [-0.15, -0.1) is 11.3 Å². The number of carbonyl (C=O) groups is 3. The lowest BCUT2D eigenvalue weighted by molar-refractivity contribution is -0.000521. The van der Waals surface area contributed by atoms with Crippen LogP contribution < -0.4 is 20.4 Å². The first-order chi connectivity index (χ1) is 27.0. The molecule has 2 N–H and O–H groups in total. The molecule has 1 aliphatic carbocycles. The SMILES string of the molecule is O=C(Nc1c(F)cc(F)cc1Cl)c1cc2c(s1)-c1ccc(F)cc1N(C(=O)c1ccc(NC(=O)c3cc4c(nc3N3CC5(CCOCC5)C3)CCC4)cc1)CC2. The smallest absolute Gasteiger partial charge is 0.265 e. The highest BCUT2D eigenvalue weighted by molar-refractivity contribution is 7.17. The second-order valence-corrected chi connectivity index (χ2v) is 16.3. The number of hydrogen-bond acceptors (Lipinski definition) is 7. The van der Waals surface area contributed by atoms with Crippen molar-refractivity contribution in [1.29, 1.82) is 0 Å². The minimum Gasteiger partial charge on any atom is -0.381 e. The highest BCUT2D eigenvalue weighted by Crippen LogP contribution is 2.44. The number of aromatic nitrogens is 1. The zero-order chi connectivity index (χ0) is 38.7. The molecule has 3 aliphatic heterocycles. The Hall–Kier alpha value is -5.24. The van der Waals surface area contributed by atoms with Crippen LogP contribution in [0.1, 0.15) is 66.5 Å². The van der Waals surface area contributed by atoms with Gasteiger partial charge in [-0.05, 0) is 110 Å². The lowest BCUT2D eigenvalue weighted by Crippen LogP contribution is -2.59. The van der Waals surface area contributed by atoms with Crippen molar-refractivity contribution < 1.29 is 32.3 Å². The molecule has 14 heteroatoms. The summed E-state index contributed by atoms with van der Waals surface area (Å²) < 4.78 is 48.4. The molecule has 0 atom stereocenters. The Labute approximate surface area is 329 Å². The summed E-state index contributed by atoms with van der Waals surface area (Å²) in [6.07, 6.45) is 5.16. The fourth-order valence-electron chi connectivity index (χ4n) is 8.23. The molecule has 4 aliphatic rings. The molecule has 9 nitrogen and oxygen atoms in total. The molecule has 1 spiro atoms. The maximum absolute atomic E-state index is 14.8. The average Bonchev–Trinajstić information content (AvgIpc) is 3.79. The third-order valence-corrected chi connectivity index (χ3v) is 12.7. The Morgan fingerprint density at radius 2 is 1.62 bits per heavy atom. The number of benzene rings is 3. The van der Waals surface area contributed by atoms with Crippen LogP contribution >= 0.6 is 22.9 Å². The Bertz CT molecular complexity index is 2400. The van der Waals surface area contributed by atoms with Gasteiger partial charge < -0.3 is 25.2 Å². The molecule has 0 unspecified atom stereocenters. The number of aryl methyl sites for hydroxylation is 2. The number of nitrogens with zero attached hydrogens (tertiary/aromatic N) is 3. The number of ether oxygens (including phenoxy) is 1. The lowest BCUT2D eigenvalue weighted by atomic mass is 9.73. The Morgan fingerprint density at radius 1 is 0.839 bits per heavy atom. The number of rotatable bonds is 6. The van der Waals surface area contributed by atoms with E-state index in [1.165, 1.54) is 17.0 Å². The van der Waals surface area contributed by atoms with Crippen LogP contribution in [0.3, 0.4) is 0 Å². The van der Waals surface area contributed by atoms with Crippen molar-refractivity contribution in [3.63, 3.8) is 0 Å². The molecular weight excluding hydrogens is 763 g/mol. The molecular formula is C42H35ClF3N5O4S. The van der Waals surface area contributed by atoms with E-state index in [1.807, 2.05) is 6.07 Å².